The lowest BCUT2D eigenvalue weighted by atomic mass is 9.73. The van der Waals surface area contributed by atoms with Crippen LogP contribution in [0.3, 0.4) is 0 Å². The van der Waals surface area contributed by atoms with Gasteiger partial charge in [0.2, 0.25) is 0 Å². The third-order valence-corrected chi connectivity index (χ3v) is 4.26. The summed E-state index contributed by atoms with van der Waals surface area (Å²) in [6.07, 6.45) is 7.14. The Morgan fingerprint density at radius 1 is 1.29 bits per heavy atom. The second-order valence-electron chi connectivity index (χ2n) is 5.53. The van der Waals surface area contributed by atoms with Crippen LogP contribution in [-0.4, -0.2) is 24.7 Å². The predicted octanol–water partition coefficient (Wildman–Crippen LogP) is 2.50. The average Bonchev–Trinajstić information content (AvgIpc) is 3.14. The molecule has 17 heavy (non-hydrogen) atoms. The summed E-state index contributed by atoms with van der Waals surface area (Å²) in [6.45, 7) is 5.29. The van der Waals surface area contributed by atoms with Crippen LogP contribution in [0, 0.1) is 11.8 Å². The van der Waals surface area contributed by atoms with Gasteiger partial charge in [0.25, 0.3) is 0 Å². The zero-order valence-corrected chi connectivity index (χ0v) is 11.1. The molecule has 3 heteroatoms. The number of hydrogen-bond acceptors (Lipinski definition) is 3. The Morgan fingerprint density at radius 2 is 2.06 bits per heavy atom. The first-order valence-corrected chi connectivity index (χ1v) is 7.14. The van der Waals surface area contributed by atoms with Gasteiger partial charge in [0.15, 0.2) is 0 Å². The Morgan fingerprint density at radius 3 is 2.65 bits per heavy atom. The number of likely N-dealkylation sites (N-methyl/N-ethyl adjacent to an activating group) is 1. The quantitative estimate of drug-likeness (QED) is 0.749. The molecule has 0 aromatic rings. The third-order valence-electron chi connectivity index (χ3n) is 4.26. The van der Waals surface area contributed by atoms with Gasteiger partial charge in [-0.15, -0.1) is 0 Å². The zero-order chi connectivity index (χ0) is 12.3. The average molecular weight is 239 g/mol. The smallest absolute Gasteiger partial charge is 0.326 e. The summed E-state index contributed by atoms with van der Waals surface area (Å²) in [5.41, 5.74) is -0.379. The number of carbonyl (C=O) groups excluding carboxylic acids is 1. The summed E-state index contributed by atoms with van der Waals surface area (Å²) in [5.74, 6) is 1.61. The molecule has 98 valence electrons. The molecule has 0 bridgehead atoms. The Kier molecular flexibility index (Phi) is 4.08. The van der Waals surface area contributed by atoms with Gasteiger partial charge in [0.1, 0.15) is 5.54 Å². The molecule has 2 saturated carbocycles. The van der Waals surface area contributed by atoms with E-state index in [0.29, 0.717) is 6.61 Å². The van der Waals surface area contributed by atoms with Crippen LogP contribution in [-0.2, 0) is 9.53 Å². The SMILES string of the molecule is CCNC1(C(=O)OCC)CCCC(C2CC2)C1. The normalized spacial score (nSPS) is 33.4. The molecule has 0 saturated heterocycles. The van der Waals surface area contributed by atoms with Crippen molar-refractivity contribution in [1.29, 1.82) is 0 Å². The fourth-order valence-corrected chi connectivity index (χ4v) is 3.31. The highest BCUT2D eigenvalue weighted by molar-refractivity contribution is 5.81. The number of ether oxygens (including phenoxy) is 1. The molecule has 0 radical (unpaired) electrons. The molecule has 3 nitrogen and oxygen atoms in total. The van der Waals surface area contributed by atoms with Gasteiger partial charge in [-0.2, -0.15) is 0 Å². The minimum absolute atomic E-state index is 0.0211. The van der Waals surface area contributed by atoms with Crippen molar-refractivity contribution in [2.45, 2.75) is 57.9 Å². The largest absolute Gasteiger partial charge is 0.465 e. The third kappa shape index (κ3) is 2.82. The number of nitrogens with one attached hydrogen (secondary N) is 1. The lowest BCUT2D eigenvalue weighted by Gasteiger charge is -2.39. The molecule has 1 N–H and O–H groups in total. The van der Waals surface area contributed by atoms with Gasteiger partial charge in [0, 0.05) is 0 Å². The minimum atomic E-state index is -0.379. The van der Waals surface area contributed by atoms with E-state index in [2.05, 4.69) is 12.2 Å². The Hall–Kier alpha value is -0.570. The van der Waals surface area contributed by atoms with Crippen molar-refractivity contribution in [3.05, 3.63) is 0 Å². The lowest BCUT2D eigenvalue weighted by Crippen LogP contribution is -2.55. The van der Waals surface area contributed by atoms with Gasteiger partial charge in [-0.1, -0.05) is 19.8 Å². The van der Waals surface area contributed by atoms with E-state index in [4.69, 9.17) is 4.74 Å². The zero-order valence-electron chi connectivity index (χ0n) is 11.1. The maximum atomic E-state index is 12.2. The monoisotopic (exact) mass is 239 g/mol. The predicted molar refractivity (Wildman–Crippen MR) is 67.7 cm³/mol. The summed E-state index contributed by atoms with van der Waals surface area (Å²) >= 11 is 0. The summed E-state index contributed by atoms with van der Waals surface area (Å²) in [4.78, 5) is 12.2. The molecular formula is C14H25NO2. The van der Waals surface area contributed by atoms with E-state index in [1.54, 1.807) is 0 Å². The summed E-state index contributed by atoms with van der Waals surface area (Å²) in [7, 11) is 0. The second-order valence-corrected chi connectivity index (χ2v) is 5.53. The van der Waals surface area contributed by atoms with Gasteiger partial charge < -0.3 is 10.1 Å². The van der Waals surface area contributed by atoms with Crippen molar-refractivity contribution in [3.63, 3.8) is 0 Å². The van der Waals surface area contributed by atoms with Crippen molar-refractivity contribution >= 4 is 5.97 Å². The second kappa shape index (κ2) is 5.38. The highest BCUT2D eigenvalue weighted by atomic mass is 16.5. The molecule has 0 spiro atoms. The highest BCUT2D eigenvalue weighted by Crippen LogP contribution is 2.46. The molecule has 2 fully saturated rings. The molecule has 0 aromatic heterocycles. The molecule has 2 atom stereocenters. The van der Waals surface area contributed by atoms with Gasteiger partial charge in [-0.05, 0) is 51.0 Å². The molecule has 0 aromatic carbocycles. The first kappa shape index (κ1) is 12.9. The number of esters is 1. The van der Waals surface area contributed by atoms with Crippen molar-refractivity contribution in [3.8, 4) is 0 Å². The minimum Gasteiger partial charge on any atom is -0.465 e. The topological polar surface area (TPSA) is 38.3 Å². The molecule has 2 unspecified atom stereocenters. The Bertz CT molecular complexity index is 271. The molecule has 2 aliphatic carbocycles. The van der Waals surface area contributed by atoms with Crippen LogP contribution in [0.25, 0.3) is 0 Å². The van der Waals surface area contributed by atoms with E-state index in [-0.39, 0.29) is 11.5 Å². The maximum absolute atomic E-state index is 12.2. The standard InChI is InChI=1S/C14H25NO2/c1-3-15-14(13(16)17-4-2)9-5-6-12(10-14)11-7-8-11/h11-12,15H,3-10H2,1-2H3. The summed E-state index contributed by atoms with van der Waals surface area (Å²) < 4.78 is 5.28. The Balaban J connectivity index is 2.05. The van der Waals surface area contributed by atoms with E-state index in [9.17, 15) is 4.79 Å². The summed E-state index contributed by atoms with van der Waals surface area (Å²) in [6, 6.07) is 0. The van der Waals surface area contributed by atoms with E-state index in [1.165, 1.54) is 19.3 Å². The van der Waals surface area contributed by atoms with E-state index < -0.39 is 0 Å². The Labute approximate surface area is 104 Å². The van der Waals surface area contributed by atoms with Crippen molar-refractivity contribution in [2.75, 3.05) is 13.2 Å². The molecule has 0 heterocycles. The first-order chi connectivity index (χ1) is 8.22. The molecule has 2 rings (SSSR count). The number of carbonyl (C=O) groups is 1. The fourth-order valence-electron chi connectivity index (χ4n) is 3.31. The van der Waals surface area contributed by atoms with Gasteiger partial charge >= 0.3 is 5.97 Å². The van der Waals surface area contributed by atoms with Crippen LogP contribution in [0.5, 0.6) is 0 Å². The van der Waals surface area contributed by atoms with E-state index in [1.807, 2.05) is 6.92 Å². The van der Waals surface area contributed by atoms with Crippen molar-refractivity contribution < 1.29 is 9.53 Å². The van der Waals surface area contributed by atoms with Gasteiger partial charge in [-0.3, -0.25) is 4.79 Å². The first-order valence-electron chi connectivity index (χ1n) is 7.14. The van der Waals surface area contributed by atoms with Crippen molar-refractivity contribution in [1.82, 2.24) is 5.32 Å². The van der Waals surface area contributed by atoms with Crippen LogP contribution < -0.4 is 5.32 Å². The molecule has 2 aliphatic rings. The van der Waals surface area contributed by atoms with E-state index >= 15 is 0 Å². The van der Waals surface area contributed by atoms with Crippen LogP contribution in [0.2, 0.25) is 0 Å². The van der Waals surface area contributed by atoms with Gasteiger partial charge in [0.05, 0.1) is 6.61 Å². The van der Waals surface area contributed by atoms with Crippen LogP contribution >= 0.6 is 0 Å². The van der Waals surface area contributed by atoms with Crippen LogP contribution in [0.1, 0.15) is 52.4 Å². The highest BCUT2D eigenvalue weighted by Gasteiger charge is 2.46. The van der Waals surface area contributed by atoms with Gasteiger partial charge in [-0.25, -0.2) is 0 Å². The molecule has 0 aliphatic heterocycles. The maximum Gasteiger partial charge on any atom is 0.326 e. The lowest BCUT2D eigenvalue weighted by molar-refractivity contribution is -0.153. The molecule has 0 amide bonds. The van der Waals surface area contributed by atoms with Crippen LogP contribution in [0.15, 0.2) is 0 Å². The summed E-state index contributed by atoms with van der Waals surface area (Å²) in [5, 5.41) is 3.42. The molecular weight excluding hydrogens is 214 g/mol. The van der Waals surface area contributed by atoms with E-state index in [0.717, 1.165) is 37.6 Å². The van der Waals surface area contributed by atoms with Crippen LogP contribution in [0.4, 0.5) is 0 Å². The van der Waals surface area contributed by atoms with Crippen molar-refractivity contribution in [2.24, 2.45) is 11.8 Å². The number of rotatable bonds is 5. The number of hydrogen-bond donors (Lipinski definition) is 1. The fraction of sp³-hybridized carbons (Fsp3) is 0.929.